The van der Waals surface area contributed by atoms with Gasteiger partial charge in [-0.2, -0.15) is 5.26 Å². The molecule has 0 aliphatic carbocycles. The van der Waals surface area contributed by atoms with Crippen LogP contribution in [0.1, 0.15) is 27.0 Å². The van der Waals surface area contributed by atoms with Crippen molar-refractivity contribution in [1.82, 2.24) is 0 Å². The minimum atomic E-state index is -0.608. The van der Waals surface area contributed by atoms with Gasteiger partial charge in [0.2, 0.25) is 0 Å². The first-order chi connectivity index (χ1) is 11.4. The van der Waals surface area contributed by atoms with Crippen LogP contribution in [0.15, 0.2) is 36.4 Å². The molecule has 0 spiro atoms. The molecule has 0 aliphatic rings. The zero-order valence-corrected chi connectivity index (χ0v) is 14.0. The standard InChI is InChI=1S/C18H15ClN2O3/c1-11-7-13(9-20)8-12(2)17(11)18(23)24-10-16(22)21-15-6-4-3-5-14(15)19/h3-8H,10H2,1-2H3,(H,21,22). The number of ether oxygens (including phenoxy) is 1. The maximum atomic E-state index is 12.2. The molecular formula is C18H15ClN2O3. The van der Waals surface area contributed by atoms with Crippen LogP contribution in [0.25, 0.3) is 0 Å². The number of aryl methyl sites for hydroxylation is 2. The van der Waals surface area contributed by atoms with Crippen molar-refractivity contribution >= 4 is 29.2 Å². The van der Waals surface area contributed by atoms with Gasteiger partial charge < -0.3 is 10.1 Å². The molecule has 0 saturated carbocycles. The van der Waals surface area contributed by atoms with E-state index in [4.69, 9.17) is 21.6 Å². The summed E-state index contributed by atoms with van der Waals surface area (Å²) in [5, 5.41) is 11.9. The van der Waals surface area contributed by atoms with Gasteiger partial charge in [-0.15, -0.1) is 0 Å². The summed E-state index contributed by atoms with van der Waals surface area (Å²) in [6.07, 6.45) is 0. The van der Waals surface area contributed by atoms with Crippen LogP contribution in [0.3, 0.4) is 0 Å². The van der Waals surface area contributed by atoms with Crippen molar-refractivity contribution in [3.05, 3.63) is 63.7 Å². The largest absolute Gasteiger partial charge is 0.452 e. The fourth-order valence-electron chi connectivity index (χ4n) is 2.30. The molecule has 0 heterocycles. The number of nitrogens with zero attached hydrogens (tertiary/aromatic N) is 1. The van der Waals surface area contributed by atoms with Crippen LogP contribution in [0.5, 0.6) is 0 Å². The molecule has 1 N–H and O–H groups in total. The van der Waals surface area contributed by atoms with Crippen molar-refractivity contribution in [1.29, 1.82) is 5.26 Å². The molecule has 122 valence electrons. The molecule has 24 heavy (non-hydrogen) atoms. The summed E-state index contributed by atoms with van der Waals surface area (Å²) in [6, 6.07) is 12.0. The predicted octanol–water partition coefficient (Wildman–Crippen LogP) is 3.62. The Hall–Kier alpha value is -2.84. The maximum Gasteiger partial charge on any atom is 0.339 e. The monoisotopic (exact) mass is 342 g/mol. The van der Waals surface area contributed by atoms with Crippen LogP contribution in [0.4, 0.5) is 5.69 Å². The number of nitrogens with one attached hydrogen (secondary N) is 1. The molecule has 2 aromatic carbocycles. The molecule has 0 aromatic heterocycles. The molecule has 5 nitrogen and oxygen atoms in total. The second-order valence-corrected chi connectivity index (χ2v) is 5.61. The molecule has 0 atom stereocenters. The van der Waals surface area contributed by atoms with E-state index in [2.05, 4.69) is 5.32 Å². The number of anilines is 1. The van der Waals surface area contributed by atoms with Crippen molar-refractivity contribution in [2.24, 2.45) is 0 Å². The quantitative estimate of drug-likeness (QED) is 0.860. The highest BCUT2D eigenvalue weighted by Crippen LogP contribution is 2.20. The number of para-hydroxylation sites is 1. The first-order valence-electron chi connectivity index (χ1n) is 7.15. The highest BCUT2D eigenvalue weighted by atomic mass is 35.5. The minimum Gasteiger partial charge on any atom is -0.452 e. The van der Waals surface area contributed by atoms with Crippen LogP contribution in [-0.4, -0.2) is 18.5 Å². The van der Waals surface area contributed by atoms with Gasteiger partial charge in [0.15, 0.2) is 6.61 Å². The summed E-state index contributed by atoms with van der Waals surface area (Å²) in [5.74, 6) is -1.09. The number of hydrogen-bond donors (Lipinski definition) is 1. The molecule has 0 bridgehead atoms. The first kappa shape index (κ1) is 17.5. The van der Waals surface area contributed by atoms with E-state index in [1.165, 1.54) is 0 Å². The number of amides is 1. The van der Waals surface area contributed by atoms with Crippen molar-refractivity contribution in [2.45, 2.75) is 13.8 Å². The number of halogens is 1. The molecule has 0 radical (unpaired) electrons. The Morgan fingerprint density at radius 3 is 2.42 bits per heavy atom. The summed E-state index contributed by atoms with van der Waals surface area (Å²) < 4.78 is 5.06. The Labute approximate surface area is 144 Å². The number of carbonyl (C=O) groups is 2. The molecule has 0 aliphatic heterocycles. The zero-order chi connectivity index (χ0) is 17.7. The number of rotatable bonds is 4. The van der Waals surface area contributed by atoms with Gasteiger partial charge >= 0.3 is 5.97 Å². The SMILES string of the molecule is Cc1cc(C#N)cc(C)c1C(=O)OCC(=O)Nc1ccccc1Cl. The number of nitriles is 1. The van der Waals surface area contributed by atoms with E-state index >= 15 is 0 Å². The summed E-state index contributed by atoms with van der Waals surface area (Å²) in [5.41, 5.74) is 2.54. The number of hydrogen-bond acceptors (Lipinski definition) is 4. The fraction of sp³-hybridized carbons (Fsp3) is 0.167. The van der Waals surface area contributed by atoms with E-state index in [9.17, 15) is 9.59 Å². The van der Waals surface area contributed by atoms with Crippen molar-refractivity contribution in [2.75, 3.05) is 11.9 Å². The highest BCUT2D eigenvalue weighted by molar-refractivity contribution is 6.33. The van der Waals surface area contributed by atoms with Gasteiger partial charge in [-0.05, 0) is 49.2 Å². The second kappa shape index (κ2) is 7.62. The Bertz CT molecular complexity index is 817. The Morgan fingerprint density at radius 2 is 1.83 bits per heavy atom. The Kier molecular flexibility index (Phi) is 5.56. The van der Waals surface area contributed by atoms with E-state index in [1.807, 2.05) is 6.07 Å². The molecule has 6 heteroatoms. The average molecular weight is 343 g/mol. The molecule has 0 unspecified atom stereocenters. The topological polar surface area (TPSA) is 79.2 Å². The molecule has 1 amide bonds. The minimum absolute atomic E-state index is 0.361. The Balaban J connectivity index is 2.02. The fourth-order valence-corrected chi connectivity index (χ4v) is 2.49. The smallest absolute Gasteiger partial charge is 0.339 e. The lowest BCUT2D eigenvalue weighted by atomic mass is 10.00. The van der Waals surface area contributed by atoms with Gasteiger partial charge in [0.25, 0.3) is 5.91 Å². The van der Waals surface area contributed by atoms with Crippen LogP contribution < -0.4 is 5.32 Å². The lowest BCUT2D eigenvalue weighted by Crippen LogP contribution is -2.21. The number of benzene rings is 2. The van der Waals surface area contributed by atoms with E-state index in [-0.39, 0.29) is 0 Å². The lowest BCUT2D eigenvalue weighted by molar-refractivity contribution is -0.119. The van der Waals surface area contributed by atoms with Crippen LogP contribution in [0.2, 0.25) is 5.02 Å². The molecule has 2 aromatic rings. The van der Waals surface area contributed by atoms with Crippen molar-refractivity contribution in [3.63, 3.8) is 0 Å². The van der Waals surface area contributed by atoms with E-state index < -0.39 is 18.5 Å². The van der Waals surface area contributed by atoms with Gasteiger partial charge in [0.05, 0.1) is 27.9 Å². The molecule has 0 saturated heterocycles. The van der Waals surface area contributed by atoms with Crippen LogP contribution in [-0.2, 0) is 9.53 Å². The third-order valence-corrected chi connectivity index (χ3v) is 3.68. The summed E-state index contributed by atoms with van der Waals surface area (Å²) in [4.78, 5) is 24.1. The van der Waals surface area contributed by atoms with E-state index in [1.54, 1.807) is 50.2 Å². The lowest BCUT2D eigenvalue weighted by Gasteiger charge is -2.11. The van der Waals surface area contributed by atoms with Crippen LogP contribution in [0, 0.1) is 25.2 Å². The first-order valence-corrected chi connectivity index (χ1v) is 7.53. The number of carbonyl (C=O) groups excluding carboxylic acids is 2. The van der Waals surface area contributed by atoms with Gasteiger partial charge in [-0.1, -0.05) is 23.7 Å². The highest BCUT2D eigenvalue weighted by Gasteiger charge is 2.16. The second-order valence-electron chi connectivity index (χ2n) is 5.20. The average Bonchev–Trinajstić information content (AvgIpc) is 2.54. The van der Waals surface area contributed by atoms with Gasteiger partial charge in [-0.25, -0.2) is 4.79 Å². The molecule has 2 rings (SSSR count). The number of esters is 1. The maximum absolute atomic E-state index is 12.2. The van der Waals surface area contributed by atoms with Crippen molar-refractivity contribution in [3.8, 4) is 6.07 Å². The zero-order valence-electron chi connectivity index (χ0n) is 13.2. The van der Waals surface area contributed by atoms with Gasteiger partial charge in [0.1, 0.15) is 0 Å². The van der Waals surface area contributed by atoms with Crippen molar-refractivity contribution < 1.29 is 14.3 Å². The summed E-state index contributed by atoms with van der Waals surface area (Å²) >= 11 is 5.95. The normalized spacial score (nSPS) is 9.92. The van der Waals surface area contributed by atoms with Gasteiger partial charge in [0, 0.05) is 0 Å². The molecular weight excluding hydrogens is 328 g/mol. The Morgan fingerprint density at radius 1 is 1.21 bits per heavy atom. The third kappa shape index (κ3) is 4.12. The summed E-state index contributed by atoms with van der Waals surface area (Å²) in [6.45, 7) is 3.01. The van der Waals surface area contributed by atoms with Crippen LogP contribution >= 0.6 is 11.6 Å². The molecule has 0 fully saturated rings. The predicted molar refractivity (Wildman–Crippen MR) is 91.0 cm³/mol. The van der Waals surface area contributed by atoms with E-state index in [0.29, 0.717) is 33.0 Å². The summed E-state index contributed by atoms with van der Waals surface area (Å²) in [7, 11) is 0. The third-order valence-electron chi connectivity index (χ3n) is 3.35. The van der Waals surface area contributed by atoms with E-state index in [0.717, 1.165) is 0 Å². The van der Waals surface area contributed by atoms with Gasteiger partial charge in [-0.3, -0.25) is 4.79 Å².